The Morgan fingerprint density at radius 1 is 0.368 bits per heavy atom. The molecule has 0 spiro atoms. The highest BCUT2D eigenvalue weighted by Crippen LogP contribution is 2.44. The fraction of sp³-hybridized carbons (Fsp3) is 0. The van der Waals surface area contributed by atoms with Crippen molar-refractivity contribution in [3.8, 4) is 44.8 Å². The number of benzene rings is 9. The van der Waals surface area contributed by atoms with Gasteiger partial charge in [0.25, 0.3) is 0 Å². The number of hydrogen-bond acceptors (Lipinski definition) is 1. The summed E-state index contributed by atoms with van der Waals surface area (Å²) >= 11 is 0. The lowest BCUT2D eigenvalue weighted by atomic mass is 9.98. The zero-order valence-electron chi connectivity index (χ0n) is 54.0. The molecular formula is C54H34N2O. The smallest absolute Gasteiger partial charge is 0.160 e. The molecular weight excluding hydrogens is 693 g/mol. The molecule has 3 heteroatoms. The Kier molecular flexibility index (Phi) is 3.46. The largest absolute Gasteiger partial charge is 0.454 e. The van der Waals surface area contributed by atoms with Crippen molar-refractivity contribution in [2.24, 2.45) is 0 Å². The van der Waals surface area contributed by atoms with Crippen LogP contribution < -0.4 is 0 Å². The van der Waals surface area contributed by atoms with Crippen molar-refractivity contribution in [3.63, 3.8) is 0 Å². The molecule has 12 rings (SSSR count). The SMILES string of the molecule is [2H]c1c([2H])c([2H])c(-c2c([2H])c([2H])c(-n3c4c([2H])c([2H])c([2H])c([2H])c4c4c([2H])c(-c5c([2H])c([2H])c6c(c5[2H])c5c([2H])c([2H])c([2H])c([2H])c5n6-c5ccccc5-c5ccccc5)c([2H])c([2H])c43)c3oc4c([2H])c([2H])c([2H])c([2H])c4c23)c([2H])c1[2H]. The van der Waals surface area contributed by atoms with Gasteiger partial charge in [-0.3, -0.25) is 0 Å². The monoisotopic (exact) mass is 751 g/mol. The first kappa shape index (κ1) is 15.9. The lowest BCUT2D eigenvalue weighted by molar-refractivity contribution is 0.666. The third-order valence-electron chi connectivity index (χ3n) is 9.87. The molecule has 0 bridgehead atoms. The number of furan rings is 1. The van der Waals surface area contributed by atoms with Gasteiger partial charge in [0.1, 0.15) is 5.58 Å². The normalized spacial score (nSPS) is 18.0. The van der Waals surface area contributed by atoms with Gasteiger partial charge < -0.3 is 13.6 Å². The molecule has 3 heterocycles. The van der Waals surface area contributed by atoms with Crippen LogP contribution in [0.1, 0.15) is 34.3 Å². The van der Waals surface area contributed by atoms with Crippen molar-refractivity contribution >= 4 is 65.6 Å². The van der Waals surface area contributed by atoms with Crippen LogP contribution in [0, 0.1) is 0 Å². The standard InChI is InChI=1S/C54H34N2O/c1-3-15-35(16-4-1)39-19-7-11-23-46(39)55-47-24-12-8-20-41(47)44-33-37(27-30-49(44)55)38-28-31-50-45(34-38)42-21-9-13-25-48(42)56(50)51-32-29-40(36-17-5-2-6-18-36)53-43-22-10-14-26-52(43)57-54(51)53/h1-34H/i2D,5D,6D,8D,9D,10D,12D,13D,14D,17D,18D,20D,21D,22D,24D,25D,26D,27D,28D,29D,30D,31D,32D,33D,34D. The Morgan fingerprint density at radius 2 is 0.930 bits per heavy atom. The second kappa shape index (κ2) is 12.5. The van der Waals surface area contributed by atoms with Gasteiger partial charge in [-0.25, -0.2) is 0 Å². The maximum absolute atomic E-state index is 10.1. The van der Waals surface area contributed by atoms with Gasteiger partial charge in [0.05, 0.1) is 67.7 Å². The lowest BCUT2D eigenvalue weighted by Crippen LogP contribution is -1.97. The zero-order valence-corrected chi connectivity index (χ0v) is 29.0. The van der Waals surface area contributed by atoms with Crippen LogP contribution in [0.15, 0.2) is 210 Å². The van der Waals surface area contributed by atoms with Gasteiger partial charge in [-0.2, -0.15) is 0 Å². The molecule has 0 aliphatic rings. The molecule has 0 saturated carbocycles. The van der Waals surface area contributed by atoms with E-state index in [1.807, 2.05) is 0 Å². The Balaban J connectivity index is 1.28. The van der Waals surface area contributed by atoms with E-state index < -0.39 is 223 Å². The van der Waals surface area contributed by atoms with Gasteiger partial charge in [0.2, 0.25) is 0 Å². The third kappa shape index (κ3) is 4.79. The van der Waals surface area contributed by atoms with Crippen LogP contribution in [-0.2, 0) is 0 Å². The predicted molar refractivity (Wildman–Crippen MR) is 239 cm³/mol. The van der Waals surface area contributed by atoms with Crippen LogP contribution in [0.2, 0.25) is 0 Å². The predicted octanol–water partition coefficient (Wildman–Crippen LogP) is 14.8. The van der Waals surface area contributed by atoms with Crippen molar-refractivity contribution in [1.29, 1.82) is 0 Å². The molecule has 9 aromatic carbocycles. The number of hydrogen-bond donors (Lipinski definition) is 0. The van der Waals surface area contributed by atoms with E-state index in [0.717, 1.165) is 4.57 Å². The van der Waals surface area contributed by atoms with E-state index in [1.54, 1.807) is 54.6 Å². The molecule has 0 N–H and O–H groups in total. The molecule has 266 valence electrons. The number of aromatic nitrogens is 2. The van der Waals surface area contributed by atoms with Gasteiger partial charge in [-0.15, -0.1) is 0 Å². The van der Waals surface area contributed by atoms with Crippen LogP contribution in [0.3, 0.4) is 0 Å². The Morgan fingerprint density at radius 3 is 1.63 bits per heavy atom. The van der Waals surface area contributed by atoms with Crippen LogP contribution >= 0.6 is 0 Å². The summed E-state index contributed by atoms with van der Waals surface area (Å²) in [7, 11) is 0. The summed E-state index contributed by atoms with van der Waals surface area (Å²) in [5, 5.41) is -2.72. The highest BCUT2D eigenvalue weighted by atomic mass is 16.3. The third-order valence-corrected chi connectivity index (χ3v) is 9.87. The first-order valence-electron chi connectivity index (χ1n) is 30.0. The van der Waals surface area contributed by atoms with Crippen LogP contribution in [0.4, 0.5) is 0 Å². The molecule has 57 heavy (non-hydrogen) atoms. The second-order valence-corrected chi connectivity index (χ2v) is 12.9. The van der Waals surface area contributed by atoms with Gasteiger partial charge in [0.15, 0.2) is 5.58 Å². The minimum atomic E-state index is -0.989. The quantitative estimate of drug-likeness (QED) is 0.172. The number of rotatable bonds is 5. The summed E-state index contributed by atoms with van der Waals surface area (Å²) in [6.45, 7) is 0. The highest BCUT2D eigenvalue weighted by molar-refractivity contribution is 6.17. The molecule has 0 saturated heterocycles. The van der Waals surface area contributed by atoms with E-state index in [1.165, 1.54) is 4.57 Å². The number of fused-ring (bicyclic) bond motifs is 9. The molecule has 0 fully saturated rings. The molecule has 0 aliphatic heterocycles. The average molecular weight is 752 g/mol. The van der Waals surface area contributed by atoms with E-state index in [2.05, 4.69) is 0 Å². The van der Waals surface area contributed by atoms with Crippen LogP contribution in [0.5, 0.6) is 0 Å². The van der Waals surface area contributed by atoms with E-state index in [0.29, 0.717) is 16.8 Å². The van der Waals surface area contributed by atoms with Gasteiger partial charge in [0, 0.05) is 37.9 Å². The molecule has 0 radical (unpaired) electrons. The van der Waals surface area contributed by atoms with Crippen molar-refractivity contribution in [3.05, 3.63) is 206 Å². The summed E-state index contributed by atoms with van der Waals surface area (Å²) in [4.78, 5) is 0. The first-order valence-corrected chi connectivity index (χ1v) is 17.5. The summed E-state index contributed by atoms with van der Waals surface area (Å²) < 4.78 is 238. The fourth-order valence-corrected chi connectivity index (χ4v) is 7.46. The molecule has 0 amide bonds. The van der Waals surface area contributed by atoms with Gasteiger partial charge in [-0.05, 0) is 82.2 Å². The molecule has 3 aromatic heterocycles. The number of para-hydroxylation sites is 4. The maximum atomic E-state index is 10.1. The molecule has 12 aromatic rings. The zero-order chi connectivity index (χ0) is 59.2. The minimum absolute atomic E-state index is 0.182. The second-order valence-electron chi connectivity index (χ2n) is 12.9. The minimum Gasteiger partial charge on any atom is -0.454 e. The molecule has 0 unspecified atom stereocenters. The molecule has 0 atom stereocenters. The van der Waals surface area contributed by atoms with E-state index in [4.69, 9.17) is 22.2 Å². The topological polar surface area (TPSA) is 23.0 Å². The first-order chi connectivity index (χ1) is 38.7. The van der Waals surface area contributed by atoms with Crippen LogP contribution in [0.25, 0.3) is 110 Å². The van der Waals surface area contributed by atoms with Gasteiger partial charge in [-0.1, -0.05) is 151 Å². The highest BCUT2D eigenvalue weighted by Gasteiger charge is 2.21. The van der Waals surface area contributed by atoms with E-state index >= 15 is 0 Å². The molecule has 0 aliphatic carbocycles. The van der Waals surface area contributed by atoms with Crippen molar-refractivity contribution in [1.82, 2.24) is 9.13 Å². The van der Waals surface area contributed by atoms with Gasteiger partial charge >= 0.3 is 0 Å². The lowest BCUT2D eigenvalue weighted by Gasteiger charge is -2.14. The summed E-state index contributed by atoms with van der Waals surface area (Å²) in [5.74, 6) is 0. The average Bonchev–Trinajstić information content (AvgIpc) is 4.14. The summed E-state index contributed by atoms with van der Waals surface area (Å²) in [6.07, 6.45) is 0. The van der Waals surface area contributed by atoms with Crippen LogP contribution in [-0.4, -0.2) is 9.13 Å². The van der Waals surface area contributed by atoms with E-state index in [9.17, 15) is 16.4 Å². The Labute approximate surface area is 364 Å². The van der Waals surface area contributed by atoms with E-state index in [-0.39, 0.29) is 21.8 Å². The Hall–Kier alpha value is -7.62. The van der Waals surface area contributed by atoms with Crippen molar-refractivity contribution < 1.29 is 38.7 Å². The van der Waals surface area contributed by atoms with Crippen molar-refractivity contribution in [2.45, 2.75) is 0 Å². The Bertz CT molecular complexity index is 4960. The summed E-state index contributed by atoms with van der Waals surface area (Å²) in [5.41, 5.74) is -4.89. The van der Waals surface area contributed by atoms with Crippen molar-refractivity contribution in [2.75, 3.05) is 0 Å². The number of nitrogens with zero attached hydrogens (tertiary/aromatic N) is 2. The maximum Gasteiger partial charge on any atom is 0.160 e. The molecule has 3 nitrogen and oxygen atoms in total. The summed E-state index contributed by atoms with van der Waals surface area (Å²) in [6, 6.07) is -4.97. The fourth-order valence-electron chi connectivity index (χ4n) is 7.46.